The highest BCUT2D eigenvalue weighted by Gasteiger charge is 2.30. The summed E-state index contributed by atoms with van der Waals surface area (Å²) in [5.41, 5.74) is 0. The lowest BCUT2D eigenvalue weighted by molar-refractivity contribution is 0.0783. The quantitative estimate of drug-likeness (QED) is 0.472. The first kappa shape index (κ1) is 15.1. The summed E-state index contributed by atoms with van der Waals surface area (Å²) in [5.74, 6) is 3.95. The Morgan fingerprint density at radius 2 is 1.42 bits per heavy atom. The fourth-order valence-electron chi connectivity index (χ4n) is 4.21. The number of rotatable bonds is 6. The van der Waals surface area contributed by atoms with Gasteiger partial charge in [0.05, 0.1) is 6.61 Å². The Morgan fingerprint density at radius 3 is 1.89 bits per heavy atom. The Morgan fingerprint density at radius 1 is 0.895 bits per heavy atom. The summed E-state index contributed by atoms with van der Waals surface area (Å²) in [6.45, 7) is 7.75. The van der Waals surface area contributed by atoms with Crippen molar-refractivity contribution in [3.8, 4) is 0 Å². The van der Waals surface area contributed by atoms with E-state index in [4.69, 9.17) is 4.74 Å². The zero-order chi connectivity index (χ0) is 13.5. The van der Waals surface area contributed by atoms with Crippen molar-refractivity contribution in [2.45, 2.75) is 64.7 Å². The van der Waals surface area contributed by atoms with Gasteiger partial charge in [0.1, 0.15) is 0 Å². The van der Waals surface area contributed by atoms with Gasteiger partial charge in [0.25, 0.3) is 0 Å². The van der Waals surface area contributed by atoms with Crippen molar-refractivity contribution >= 4 is 0 Å². The van der Waals surface area contributed by atoms with Crippen molar-refractivity contribution in [2.75, 3.05) is 13.2 Å². The van der Waals surface area contributed by atoms with Gasteiger partial charge in [-0.25, -0.2) is 0 Å². The van der Waals surface area contributed by atoms with Crippen LogP contribution in [0.15, 0.2) is 12.7 Å². The summed E-state index contributed by atoms with van der Waals surface area (Å²) >= 11 is 0. The molecule has 0 aromatic rings. The van der Waals surface area contributed by atoms with E-state index < -0.39 is 0 Å². The normalized spacial score (nSPS) is 36.1. The van der Waals surface area contributed by atoms with Crippen LogP contribution in [-0.2, 0) is 4.74 Å². The van der Waals surface area contributed by atoms with Crippen LogP contribution in [0.2, 0.25) is 0 Å². The van der Waals surface area contributed by atoms with Crippen LogP contribution in [0, 0.1) is 23.7 Å². The van der Waals surface area contributed by atoms with Crippen LogP contribution in [0.25, 0.3) is 0 Å². The maximum atomic E-state index is 5.61. The van der Waals surface area contributed by atoms with E-state index in [9.17, 15) is 0 Å². The Bertz CT molecular complexity index is 244. The molecule has 0 amide bonds. The van der Waals surface area contributed by atoms with Gasteiger partial charge in [-0.1, -0.05) is 32.3 Å². The molecule has 2 fully saturated rings. The van der Waals surface area contributed by atoms with Crippen molar-refractivity contribution < 1.29 is 4.74 Å². The molecular weight excluding hydrogens is 232 g/mol. The summed E-state index contributed by atoms with van der Waals surface area (Å²) < 4.78 is 5.61. The highest BCUT2D eigenvalue weighted by atomic mass is 16.5. The van der Waals surface area contributed by atoms with E-state index in [-0.39, 0.29) is 0 Å². The molecule has 0 unspecified atom stereocenters. The second-order valence-electron chi connectivity index (χ2n) is 6.80. The summed E-state index contributed by atoms with van der Waals surface area (Å²) in [6.07, 6.45) is 15.0. The first-order chi connectivity index (χ1) is 9.33. The molecule has 2 saturated carbocycles. The van der Waals surface area contributed by atoms with Crippen LogP contribution in [0.4, 0.5) is 0 Å². The molecule has 0 saturated heterocycles. The standard InChI is InChI=1S/C18H32O/c1-3-13-19-14-16-7-11-18(12-8-16)17-9-5-15(4-2)6-10-17/h3,15-18H,1,4-14H2,2H3/t15-,16?,17-,18?. The predicted molar refractivity (Wildman–Crippen MR) is 82.2 cm³/mol. The smallest absolute Gasteiger partial charge is 0.0644 e. The monoisotopic (exact) mass is 264 g/mol. The van der Waals surface area contributed by atoms with Crippen molar-refractivity contribution in [3.05, 3.63) is 12.7 Å². The molecule has 0 spiro atoms. The highest BCUT2D eigenvalue weighted by Crippen LogP contribution is 2.41. The molecule has 0 radical (unpaired) electrons. The average molecular weight is 264 g/mol. The van der Waals surface area contributed by atoms with Crippen molar-refractivity contribution in [1.82, 2.24) is 0 Å². The molecule has 0 atom stereocenters. The molecule has 19 heavy (non-hydrogen) atoms. The number of ether oxygens (including phenoxy) is 1. The van der Waals surface area contributed by atoms with Gasteiger partial charge in [0, 0.05) is 6.61 Å². The minimum atomic E-state index is 0.723. The maximum Gasteiger partial charge on any atom is 0.0644 e. The average Bonchev–Trinajstić information content (AvgIpc) is 2.48. The van der Waals surface area contributed by atoms with Gasteiger partial charge < -0.3 is 4.74 Å². The number of hydrogen-bond acceptors (Lipinski definition) is 1. The molecule has 110 valence electrons. The minimum absolute atomic E-state index is 0.723. The van der Waals surface area contributed by atoms with Gasteiger partial charge in [0.2, 0.25) is 0 Å². The fourth-order valence-corrected chi connectivity index (χ4v) is 4.21. The van der Waals surface area contributed by atoms with Gasteiger partial charge in [0.15, 0.2) is 0 Å². The van der Waals surface area contributed by atoms with Gasteiger partial charge >= 0.3 is 0 Å². The van der Waals surface area contributed by atoms with Crippen LogP contribution in [0.1, 0.15) is 64.7 Å². The molecular formula is C18H32O. The Hall–Kier alpha value is -0.300. The van der Waals surface area contributed by atoms with E-state index >= 15 is 0 Å². The highest BCUT2D eigenvalue weighted by molar-refractivity contribution is 4.81. The molecule has 0 aromatic heterocycles. The zero-order valence-electron chi connectivity index (χ0n) is 12.8. The van der Waals surface area contributed by atoms with E-state index in [0.717, 1.165) is 36.9 Å². The molecule has 1 nitrogen and oxygen atoms in total. The van der Waals surface area contributed by atoms with Gasteiger partial charge in [-0.15, -0.1) is 6.58 Å². The van der Waals surface area contributed by atoms with Crippen molar-refractivity contribution in [2.24, 2.45) is 23.7 Å². The van der Waals surface area contributed by atoms with Gasteiger partial charge in [-0.2, -0.15) is 0 Å². The summed E-state index contributed by atoms with van der Waals surface area (Å²) in [5, 5.41) is 0. The molecule has 0 aliphatic heterocycles. The lowest BCUT2D eigenvalue weighted by Crippen LogP contribution is -2.27. The molecule has 2 rings (SSSR count). The summed E-state index contributed by atoms with van der Waals surface area (Å²) in [7, 11) is 0. The van der Waals surface area contributed by atoms with E-state index in [1.54, 1.807) is 0 Å². The fraction of sp³-hybridized carbons (Fsp3) is 0.889. The molecule has 0 bridgehead atoms. The largest absolute Gasteiger partial charge is 0.377 e. The van der Waals surface area contributed by atoms with Crippen LogP contribution in [-0.4, -0.2) is 13.2 Å². The van der Waals surface area contributed by atoms with Crippen LogP contribution in [0.3, 0.4) is 0 Å². The molecule has 2 aliphatic carbocycles. The molecule has 1 heteroatoms. The van der Waals surface area contributed by atoms with Gasteiger partial charge in [-0.3, -0.25) is 0 Å². The third-order valence-electron chi connectivity index (χ3n) is 5.62. The molecule has 2 aliphatic rings. The Labute approximate surface area is 119 Å². The third-order valence-corrected chi connectivity index (χ3v) is 5.62. The lowest BCUT2D eigenvalue weighted by atomic mass is 9.69. The van der Waals surface area contributed by atoms with E-state index in [1.807, 2.05) is 6.08 Å². The SMILES string of the molecule is C=CCOCC1CCC([C@H]2CC[C@H](CC)CC2)CC1. The second kappa shape index (κ2) is 8.09. The Kier molecular flexibility index (Phi) is 6.43. The molecule has 0 N–H and O–H groups in total. The second-order valence-corrected chi connectivity index (χ2v) is 6.80. The van der Waals surface area contributed by atoms with E-state index in [1.165, 1.54) is 57.8 Å². The molecule has 0 heterocycles. The zero-order valence-corrected chi connectivity index (χ0v) is 12.8. The topological polar surface area (TPSA) is 9.23 Å². The minimum Gasteiger partial charge on any atom is -0.377 e. The number of hydrogen-bond donors (Lipinski definition) is 0. The predicted octanol–water partition coefficient (Wildman–Crippen LogP) is 5.21. The Balaban J connectivity index is 1.64. The maximum absolute atomic E-state index is 5.61. The summed E-state index contributed by atoms with van der Waals surface area (Å²) in [6, 6.07) is 0. The summed E-state index contributed by atoms with van der Waals surface area (Å²) in [4.78, 5) is 0. The van der Waals surface area contributed by atoms with Gasteiger partial charge in [-0.05, 0) is 62.2 Å². The van der Waals surface area contributed by atoms with E-state index in [2.05, 4.69) is 13.5 Å². The first-order valence-corrected chi connectivity index (χ1v) is 8.52. The first-order valence-electron chi connectivity index (χ1n) is 8.52. The van der Waals surface area contributed by atoms with E-state index in [0.29, 0.717) is 0 Å². The lowest BCUT2D eigenvalue weighted by Gasteiger charge is -2.37. The van der Waals surface area contributed by atoms with Crippen molar-refractivity contribution in [3.63, 3.8) is 0 Å². The van der Waals surface area contributed by atoms with Crippen molar-refractivity contribution in [1.29, 1.82) is 0 Å². The van der Waals surface area contributed by atoms with Crippen LogP contribution >= 0.6 is 0 Å². The van der Waals surface area contributed by atoms with Crippen LogP contribution < -0.4 is 0 Å². The third kappa shape index (κ3) is 4.63. The molecule has 0 aromatic carbocycles. The van der Waals surface area contributed by atoms with Crippen LogP contribution in [0.5, 0.6) is 0 Å².